The fraction of sp³-hybridized carbons (Fsp3) is 1.00. The van der Waals surface area contributed by atoms with Gasteiger partial charge < -0.3 is 15.8 Å². The van der Waals surface area contributed by atoms with Crippen molar-refractivity contribution in [3.05, 3.63) is 0 Å². The van der Waals surface area contributed by atoms with Gasteiger partial charge in [0, 0.05) is 25.3 Å². The van der Waals surface area contributed by atoms with Gasteiger partial charge in [0.05, 0.1) is 0 Å². The third-order valence-electron chi connectivity index (χ3n) is 2.49. The molecule has 1 fully saturated rings. The lowest BCUT2D eigenvalue weighted by Crippen LogP contribution is -2.35. The first-order chi connectivity index (χ1) is 6.29. The van der Waals surface area contributed by atoms with E-state index in [-0.39, 0.29) is 0 Å². The Bertz CT molecular complexity index is 122. The van der Waals surface area contributed by atoms with Crippen LogP contribution in [0.1, 0.15) is 32.6 Å². The highest BCUT2D eigenvalue weighted by Gasteiger charge is 2.11. The summed E-state index contributed by atoms with van der Waals surface area (Å²) in [5.41, 5.74) is 5.66. The molecule has 1 rings (SSSR count). The Labute approximate surface area is 81.0 Å². The van der Waals surface area contributed by atoms with Gasteiger partial charge in [0.15, 0.2) is 0 Å². The number of ether oxygens (including phenoxy) is 1. The van der Waals surface area contributed by atoms with Gasteiger partial charge in [-0.1, -0.05) is 0 Å². The molecule has 1 unspecified atom stereocenters. The second-order valence-corrected chi connectivity index (χ2v) is 3.96. The van der Waals surface area contributed by atoms with Crippen molar-refractivity contribution < 1.29 is 4.74 Å². The van der Waals surface area contributed by atoms with Crippen LogP contribution < -0.4 is 11.1 Å². The Balaban J connectivity index is 1.92. The van der Waals surface area contributed by atoms with Crippen LogP contribution in [0, 0.1) is 0 Å². The molecule has 3 nitrogen and oxygen atoms in total. The second-order valence-electron chi connectivity index (χ2n) is 3.96. The van der Waals surface area contributed by atoms with E-state index in [1.54, 1.807) is 0 Å². The molecule has 3 heteroatoms. The van der Waals surface area contributed by atoms with E-state index in [4.69, 9.17) is 10.5 Å². The Hall–Kier alpha value is -0.120. The molecule has 1 aliphatic heterocycles. The number of rotatable bonds is 5. The zero-order valence-corrected chi connectivity index (χ0v) is 8.59. The molecular weight excluding hydrogens is 164 g/mol. The summed E-state index contributed by atoms with van der Waals surface area (Å²) in [4.78, 5) is 0. The lowest BCUT2D eigenvalue weighted by Gasteiger charge is -2.23. The minimum absolute atomic E-state index is 0.344. The molecule has 78 valence electrons. The molecule has 1 aliphatic rings. The number of nitrogens with one attached hydrogen (secondary N) is 1. The van der Waals surface area contributed by atoms with E-state index in [2.05, 4.69) is 12.2 Å². The predicted octanol–water partition coefficient (Wildman–Crippen LogP) is 0.882. The quantitative estimate of drug-likeness (QED) is 0.627. The molecule has 0 spiro atoms. The van der Waals surface area contributed by atoms with Crippen LogP contribution in [0.3, 0.4) is 0 Å². The van der Waals surface area contributed by atoms with Gasteiger partial charge in [-0.15, -0.1) is 0 Å². The summed E-state index contributed by atoms with van der Waals surface area (Å²) in [5.74, 6) is 0. The smallest absolute Gasteiger partial charge is 0.0480 e. The van der Waals surface area contributed by atoms with Gasteiger partial charge in [-0.05, 0) is 39.2 Å². The van der Waals surface area contributed by atoms with Gasteiger partial charge in [0.1, 0.15) is 0 Å². The molecule has 1 heterocycles. The van der Waals surface area contributed by atoms with Crippen molar-refractivity contribution in [2.75, 3.05) is 19.8 Å². The van der Waals surface area contributed by atoms with Crippen LogP contribution in [-0.2, 0) is 4.74 Å². The van der Waals surface area contributed by atoms with E-state index in [1.165, 1.54) is 6.42 Å². The highest BCUT2D eigenvalue weighted by molar-refractivity contribution is 4.70. The van der Waals surface area contributed by atoms with Gasteiger partial charge in [0.2, 0.25) is 0 Å². The topological polar surface area (TPSA) is 47.3 Å². The fourth-order valence-corrected chi connectivity index (χ4v) is 1.63. The van der Waals surface area contributed by atoms with Gasteiger partial charge in [-0.3, -0.25) is 0 Å². The lowest BCUT2D eigenvalue weighted by atomic mass is 10.1. The first kappa shape index (κ1) is 11.0. The molecule has 0 aromatic rings. The first-order valence-electron chi connectivity index (χ1n) is 5.36. The normalized spacial score (nSPS) is 21.7. The van der Waals surface area contributed by atoms with E-state index in [9.17, 15) is 0 Å². The Morgan fingerprint density at radius 2 is 2.15 bits per heavy atom. The largest absolute Gasteiger partial charge is 0.381 e. The highest BCUT2D eigenvalue weighted by Crippen LogP contribution is 2.06. The van der Waals surface area contributed by atoms with E-state index in [0.29, 0.717) is 12.1 Å². The van der Waals surface area contributed by atoms with Crippen LogP contribution in [0.5, 0.6) is 0 Å². The maximum atomic E-state index is 5.66. The summed E-state index contributed by atoms with van der Waals surface area (Å²) in [6.07, 6.45) is 4.64. The Morgan fingerprint density at radius 3 is 2.77 bits per heavy atom. The van der Waals surface area contributed by atoms with Gasteiger partial charge in [-0.25, -0.2) is 0 Å². The highest BCUT2D eigenvalue weighted by atomic mass is 16.5. The average Bonchev–Trinajstić information content (AvgIpc) is 2.14. The second kappa shape index (κ2) is 6.35. The third kappa shape index (κ3) is 5.24. The van der Waals surface area contributed by atoms with Crippen LogP contribution in [0.4, 0.5) is 0 Å². The van der Waals surface area contributed by atoms with Crippen molar-refractivity contribution in [1.29, 1.82) is 0 Å². The van der Waals surface area contributed by atoms with Gasteiger partial charge >= 0.3 is 0 Å². The molecule has 0 amide bonds. The zero-order valence-electron chi connectivity index (χ0n) is 8.59. The van der Waals surface area contributed by atoms with Crippen molar-refractivity contribution in [1.82, 2.24) is 5.32 Å². The van der Waals surface area contributed by atoms with Crippen molar-refractivity contribution >= 4 is 0 Å². The van der Waals surface area contributed by atoms with Crippen molar-refractivity contribution in [2.45, 2.75) is 44.7 Å². The number of nitrogens with two attached hydrogens (primary N) is 1. The summed E-state index contributed by atoms with van der Waals surface area (Å²) in [7, 11) is 0. The molecule has 3 N–H and O–H groups in total. The summed E-state index contributed by atoms with van der Waals surface area (Å²) in [5, 5.41) is 3.54. The van der Waals surface area contributed by atoms with E-state index in [1.807, 2.05) is 0 Å². The van der Waals surface area contributed by atoms with Crippen LogP contribution >= 0.6 is 0 Å². The van der Waals surface area contributed by atoms with Crippen molar-refractivity contribution in [2.24, 2.45) is 5.73 Å². The van der Waals surface area contributed by atoms with Gasteiger partial charge in [0.25, 0.3) is 0 Å². The van der Waals surface area contributed by atoms with E-state index < -0.39 is 0 Å². The maximum absolute atomic E-state index is 5.66. The monoisotopic (exact) mass is 186 g/mol. The molecule has 0 radical (unpaired) electrons. The van der Waals surface area contributed by atoms with E-state index in [0.717, 1.165) is 39.0 Å². The Morgan fingerprint density at radius 1 is 1.46 bits per heavy atom. The summed E-state index contributed by atoms with van der Waals surface area (Å²) in [6, 6.07) is 1.03. The molecule has 0 bridgehead atoms. The lowest BCUT2D eigenvalue weighted by molar-refractivity contribution is 0.0780. The van der Waals surface area contributed by atoms with Crippen molar-refractivity contribution in [3.8, 4) is 0 Å². The summed E-state index contributed by atoms with van der Waals surface area (Å²) < 4.78 is 5.28. The average molecular weight is 186 g/mol. The first-order valence-corrected chi connectivity index (χ1v) is 5.36. The van der Waals surface area contributed by atoms with Crippen LogP contribution in [0.25, 0.3) is 0 Å². The standard InChI is InChI=1S/C10H22N2O/c1-9(11)3-2-6-12-10-4-7-13-8-5-10/h9-10,12H,2-8,11H2,1H3. The summed E-state index contributed by atoms with van der Waals surface area (Å²) in [6.45, 7) is 5.01. The molecule has 1 atom stereocenters. The Kier molecular flexibility index (Phi) is 5.35. The number of hydrogen-bond acceptors (Lipinski definition) is 3. The minimum Gasteiger partial charge on any atom is -0.381 e. The molecule has 0 aromatic carbocycles. The molecule has 0 saturated carbocycles. The van der Waals surface area contributed by atoms with E-state index >= 15 is 0 Å². The fourth-order valence-electron chi connectivity index (χ4n) is 1.63. The number of hydrogen-bond donors (Lipinski definition) is 2. The molecule has 0 aliphatic carbocycles. The minimum atomic E-state index is 0.344. The van der Waals surface area contributed by atoms with Crippen LogP contribution in [0.15, 0.2) is 0 Å². The van der Waals surface area contributed by atoms with Crippen LogP contribution in [-0.4, -0.2) is 31.8 Å². The summed E-state index contributed by atoms with van der Waals surface area (Å²) >= 11 is 0. The molecular formula is C10H22N2O. The maximum Gasteiger partial charge on any atom is 0.0480 e. The zero-order chi connectivity index (χ0) is 9.52. The SMILES string of the molecule is CC(N)CCCNC1CCOCC1. The molecule has 1 saturated heterocycles. The predicted molar refractivity (Wildman–Crippen MR) is 54.7 cm³/mol. The molecule has 0 aromatic heterocycles. The van der Waals surface area contributed by atoms with Gasteiger partial charge in [-0.2, -0.15) is 0 Å². The van der Waals surface area contributed by atoms with Crippen molar-refractivity contribution in [3.63, 3.8) is 0 Å². The molecule has 13 heavy (non-hydrogen) atoms. The van der Waals surface area contributed by atoms with Crippen LogP contribution in [0.2, 0.25) is 0 Å². The third-order valence-corrected chi connectivity index (χ3v) is 2.49.